The molecule has 7 nitrogen and oxygen atoms in total. The number of aromatic amines is 1. The van der Waals surface area contributed by atoms with E-state index in [-0.39, 0.29) is 35.7 Å². The highest BCUT2D eigenvalue weighted by Gasteiger charge is 2.45. The number of benzene rings is 1. The SMILES string of the molecule is CCCCCN1C(=O)NC2CC(C(=O)NCCc3c[nH]c4ccccc34)CCC2C1=O. The molecule has 2 aliphatic rings. The second-order valence-corrected chi connectivity index (χ2v) is 8.77. The molecule has 1 aromatic carbocycles. The van der Waals surface area contributed by atoms with Crippen LogP contribution in [0.15, 0.2) is 30.5 Å². The average Bonchev–Trinajstić information content (AvgIpc) is 3.19. The monoisotopic (exact) mass is 424 g/mol. The Morgan fingerprint density at radius 3 is 2.87 bits per heavy atom. The average molecular weight is 425 g/mol. The van der Waals surface area contributed by atoms with E-state index >= 15 is 0 Å². The van der Waals surface area contributed by atoms with E-state index in [0.717, 1.165) is 31.2 Å². The van der Waals surface area contributed by atoms with Crippen molar-refractivity contribution >= 4 is 28.7 Å². The van der Waals surface area contributed by atoms with E-state index < -0.39 is 0 Å². The molecule has 2 aromatic rings. The molecule has 1 aliphatic heterocycles. The number of hydrogen-bond acceptors (Lipinski definition) is 3. The summed E-state index contributed by atoms with van der Waals surface area (Å²) < 4.78 is 0. The maximum absolute atomic E-state index is 12.8. The Hall–Kier alpha value is -2.83. The maximum atomic E-state index is 12.8. The van der Waals surface area contributed by atoms with Gasteiger partial charge in [0.1, 0.15) is 0 Å². The number of aromatic nitrogens is 1. The fourth-order valence-electron chi connectivity index (χ4n) is 4.94. The largest absolute Gasteiger partial charge is 0.361 e. The van der Waals surface area contributed by atoms with Crippen LogP contribution in [0.4, 0.5) is 4.79 Å². The van der Waals surface area contributed by atoms with Gasteiger partial charge in [-0.05, 0) is 43.7 Å². The molecule has 1 saturated heterocycles. The van der Waals surface area contributed by atoms with E-state index in [1.807, 2.05) is 24.4 Å². The smallest absolute Gasteiger partial charge is 0.324 e. The Morgan fingerprint density at radius 1 is 1.19 bits per heavy atom. The molecule has 1 aromatic heterocycles. The molecule has 0 spiro atoms. The molecular weight excluding hydrogens is 392 g/mol. The normalized spacial score (nSPS) is 23.5. The molecule has 3 N–H and O–H groups in total. The number of hydrogen-bond donors (Lipinski definition) is 3. The minimum Gasteiger partial charge on any atom is -0.361 e. The molecule has 0 radical (unpaired) electrons. The van der Waals surface area contributed by atoms with Gasteiger partial charge in [0.05, 0.1) is 5.92 Å². The summed E-state index contributed by atoms with van der Waals surface area (Å²) in [6, 6.07) is 7.60. The van der Waals surface area contributed by atoms with Gasteiger partial charge in [-0.2, -0.15) is 0 Å². The van der Waals surface area contributed by atoms with Gasteiger partial charge in [0, 0.05) is 42.1 Å². The Kier molecular flexibility index (Phi) is 6.59. The Bertz CT molecular complexity index is 953. The van der Waals surface area contributed by atoms with Crippen LogP contribution in [0.2, 0.25) is 0 Å². The maximum Gasteiger partial charge on any atom is 0.324 e. The highest BCUT2D eigenvalue weighted by Crippen LogP contribution is 2.33. The van der Waals surface area contributed by atoms with Crippen LogP contribution < -0.4 is 10.6 Å². The van der Waals surface area contributed by atoms with Gasteiger partial charge in [-0.1, -0.05) is 38.0 Å². The van der Waals surface area contributed by atoms with Gasteiger partial charge in [0.25, 0.3) is 0 Å². The molecule has 4 amide bonds. The molecule has 4 rings (SSSR count). The number of nitrogens with one attached hydrogen (secondary N) is 3. The van der Waals surface area contributed by atoms with Crippen molar-refractivity contribution < 1.29 is 14.4 Å². The fourth-order valence-corrected chi connectivity index (χ4v) is 4.94. The van der Waals surface area contributed by atoms with Gasteiger partial charge in [-0.25, -0.2) is 4.79 Å². The summed E-state index contributed by atoms with van der Waals surface area (Å²) in [5.74, 6) is -0.410. The van der Waals surface area contributed by atoms with Crippen molar-refractivity contribution in [2.24, 2.45) is 11.8 Å². The molecule has 166 valence electrons. The Labute approximate surface area is 182 Å². The molecule has 2 fully saturated rings. The molecular formula is C24H32N4O3. The first-order valence-corrected chi connectivity index (χ1v) is 11.5. The first kappa shape index (κ1) is 21.4. The second-order valence-electron chi connectivity index (χ2n) is 8.77. The van der Waals surface area contributed by atoms with Crippen molar-refractivity contribution in [2.75, 3.05) is 13.1 Å². The number of nitrogens with zero attached hydrogens (tertiary/aromatic N) is 1. The lowest BCUT2D eigenvalue weighted by Gasteiger charge is -2.42. The first-order chi connectivity index (χ1) is 15.1. The fraction of sp³-hybridized carbons (Fsp3) is 0.542. The van der Waals surface area contributed by atoms with Crippen LogP contribution in [0.1, 0.15) is 51.0 Å². The number of imide groups is 1. The van der Waals surface area contributed by atoms with Gasteiger partial charge >= 0.3 is 6.03 Å². The number of carbonyl (C=O) groups is 3. The van der Waals surface area contributed by atoms with Crippen LogP contribution in [0.5, 0.6) is 0 Å². The van der Waals surface area contributed by atoms with Crippen LogP contribution in [-0.2, 0) is 16.0 Å². The summed E-state index contributed by atoms with van der Waals surface area (Å²) in [7, 11) is 0. The topological polar surface area (TPSA) is 94.3 Å². The Morgan fingerprint density at radius 2 is 2.03 bits per heavy atom. The van der Waals surface area contributed by atoms with Gasteiger partial charge < -0.3 is 15.6 Å². The summed E-state index contributed by atoms with van der Waals surface area (Å²) in [4.78, 5) is 42.6. The number of urea groups is 1. The molecule has 2 heterocycles. The highest BCUT2D eigenvalue weighted by atomic mass is 16.2. The lowest BCUT2D eigenvalue weighted by Crippen LogP contribution is -2.62. The lowest BCUT2D eigenvalue weighted by molar-refractivity contribution is -0.139. The molecule has 7 heteroatoms. The van der Waals surface area contributed by atoms with Crippen molar-refractivity contribution in [3.8, 4) is 0 Å². The number of fused-ring (bicyclic) bond motifs is 2. The van der Waals surface area contributed by atoms with E-state index in [4.69, 9.17) is 0 Å². The van der Waals surface area contributed by atoms with E-state index in [1.54, 1.807) is 0 Å². The predicted octanol–water partition coefficient (Wildman–Crippen LogP) is 3.35. The van der Waals surface area contributed by atoms with Gasteiger partial charge in [-0.15, -0.1) is 0 Å². The summed E-state index contributed by atoms with van der Waals surface area (Å²) in [6.45, 7) is 3.15. The van der Waals surface area contributed by atoms with E-state index in [2.05, 4.69) is 28.6 Å². The van der Waals surface area contributed by atoms with Crippen molar-refractivity contribution in [1.82, 2.24) is 20.5 Å². The minimum absolute atomic E-state index is 0.0189. The first-order valence-electron chi connectivity index (χ1n) is 11.5. The van der Waals surface area contributed by atoms with E-state index in [0.29, 0.717) is 32.4 Å². The molecule has 31 heavy (non-hydrogen) atoms. The third-order valence-electron chi connectivity index (χ3n) is 6.71. The Balaban J connectivity index is 1.28. The van der Waals surface area contributed by atoms with Crippen LogP contribution in [0.3, 0.4) is 0 Å². The summed E-state index contributed by atoms with van der Waals surface area (Å²) in [5.41, 5.74) is 2.29. The van der Waals surface area contributed by atoms with Crippen LogP contribution in [-0.4, -0.2) is 46.9 Å². The standard InChI is InChI=1S/C24H32N4O3/c1-2-3-6-13-28-23(30)19-10-9-16(14-21(19)27-24(28)31)22(29)25-12-11-17-15-26-20-8-5-4-7-18(17)20/h4-5,7-8,15-16,19,21,26H,2-3,6,9-14H2,1H3,(H,25,29)(H,27,31). The zero-order valence-electron chi connectivity index (χ0n) is 18.2. The van der Waals surface area contributed by atoms with Crippen molar-refractivity contribution in [1.29, 1.82) is 0 Å². The van der Waals surface area contributed by atoms with Crippen molar-refractivity contribution in [2.45, 2.75) is 57.9 Å². The molecule has 3 unspecified atom stereocenters. The third kappa shape index (κ3) is 4.60. The van der Waals surface area contributed by atoms with Crippen LogP contribution in [0.25, 0.3) is 10.9 Å². The van der Waals surface area contributed by atoms with Crippen molar-refractivity contribution in [3.63, 3.8) is 0 Å². The third-order valence-corrected chi connectivity index (χ3v) is 6.71. The van der Waals surface area contributed by atoms with E-state index in [1.165, 1.54) is 15.8 Å². The van der Waals surface area contributed by atoms with Gasteiger partial charge in [0.2, 0.25) is 11.8 Å². The quantitative estimate of drug-likeness (QED) is 0.567. The van der Waals surface area contributed by atoms with E-state index in [9.17, 15) is 14.4 Å². The summed E-state index contributed by atoms with van der Waals surface area (Å²) in [5, 5.41) is 7.23. The van der Waals surface area contributed by atoms with Crippen LogP contribution in [0, 0.1) is 11.8 Å². The predicted molar refractivity (Wildman–Crippen MR) is 119 cm³/mol. The number of para-hydroxylation sites is 1. The zero-order chi connectivity index (χ0) is 21.8. The number of H-pyrrole nitrogens is 1. The number of rotatable bonds is 8. The van der Waals surface area contributed by atoms with Crippen LogP contribution >= 0.6 is 0 Å². The highest BCUT2D eigenvalue weighted by molar-refractivity contribution is 5.99. The van der Waals surface area contributed by atoms with Crippen molar-refractivity contribution in [3.05, 3.63) is 36.0 Å². The minimum atomic E-state index is -0.303. The molecule has 3 atom stereocenters. The number of amides is 4. The summed E-state index contributed by atoms with van der Waals surface area (Å²) in [6.07, 6.45) is 7.52. The second kappa shape index (κ2) is 9.54. The lowest BCUT2D eigenvalue weighted by atomic mass is 9.76. The zero-order valence-corrected chi connectivity index (χ0v) is 18.2. The molecule has 1 saturated carbocycles. The molecule has 0 bridgehead atoms. The summed E-state index contributed by atoms with van der Waals surface area (Å²) >= 11 is 0. The number of unbranched alkanes of at least 4 members (excludes halogenated alkanes) is 2. The number of carbonyl (C=O) groups excluding carboxylic acids is 3. The van der Waals surface area contributed by atoms with Gasteiger partial charge in [0.15, 0.2) is 0 Å². The van der Waals surface area contributed by atoms with Gasteiger partial charge in [-0.3, -0.25) is 14.5 Å². The molecule has 1 aliphatic carbocycles.